The first kappa shape index (κ1) is 19.1. The van der Waals surface area contributed by atoms with Gasteiger partial charge in [0.1, 0.15) is 5.75 Å². The molecule has 3 aromatic rings. The van der Waals surface area contributed by atoms with Gasteiger partial charge in [0.2, 0.25) is 0 Å². The molecule has 0 spiro atoms. The molecular formula is C22H22N2O4. The largest absolute Gasteiger partial charge is 0.497 e. The van der Waals surface area contributed by atoms with Crippen LogP contribution in [-0.4, -0.2) is 27.2 Å². The monoisotopic (exact) mass is 378 g/mol. The fourth-order valence-corrected chi connectivity index (χ4v) is 2.66. The minimum Gasteiger partial charge on any atom is -0.497 e. The lowest BCUT2D eigenvalue weighted by Crippen LogP contribution is -2.11. The zero-order valence-corrected chi connectivity index (χ0v) is 16.0. The molecule has 0 saturated carbocycles. The first-order valence-corrected chi connectivity index (χ1v) is 8.67. The van der Waals surface area contributed by atoms with Gasteiger partial charge < -0.3 is 24.8 Å². The Bertz CT molecular complexity index is 938. The SMILES string of the molecule is COc1ccc(C(=O)Nc2ccc(Nc3ccc(OC)c(OC)c3)cc2)cc1. The van der Waals surface area contributed by atoms with Crippen LogP contribution in [0.2, 0.25) is 0 Å². The molecule has 0 bridgehead atoms. The summed E-state index contributed by atoms with van der Waals surface area (Å²) >= 11 is 0. The lowest BCUT2D eigenvalue weighted by Gasteiger charge is -2.12. The van der Waals surface area contributed by atoms with Gasteiger partial charge in [-0.05, 0) is 60.7 Å². The van der Waals surface area contributed by atoms with E-state index in [2.05, 4.69) is 10.6 Å². The average molecular weight is 378 g/mol. The Morgan fingerprint density at radius 1 is 0.679 bits per heavy atom. The van der Waals surface area contributed by atoms with E-state index in [1.165, 1.54) is 0 Å². The van der Waals surface area contributed by atoms with Crippen molar-refractivity contribution in [1.82, 2.24) is 0 Å². The van der Waals surface area contributed by atoms with Gasteiger partial charge in [-0.2, -0.15) is 0 Å². The maximum Gasteiger partial charge on any atom is 0.255 e. The van der Waals surface area contributed by atoms with Crippen LogP contribution in [0.4, 0.5) is 17.1 Å². The van der Waals surface area contributed by atoms with Gasteiger partial charge in [-0.1, -0.05) is 0 Å². The summed E-state index contributed by atoms with van der Waals surface area (Å²) in [7, 11) is 4.79. The number of methoxy groups -OCH3 is 3. The van der Waals surface area contributed by atoms with Crippen LogP contribution in [0.5, 0.6) is 17.2 Å². The average Bonchev–Trinajstić information content (AvgIpc) is 2.75. The molecule has 2 N–H and O–H groups in total. The molecule has 3 rings (SSSR count). The number of benzene rings is 3. The summed E-state index contributed by atoms with van der Waals surface area (Å²) < 4.78 is 15.7. The molecule has 0 saturated heterocycles. The molecule has 0 unspecified atom stereocenters. The maximum atomic E-state index is 12.3. The quantitative estimate of drug-likeness (QED) is 0.623. The minimum absolute atomic E-state index is 0.178. The third kappa shape index (κ3) is 4.54. The van der Waals surface area contributed by atoms with E-state index in [4.69, 9.17) is 14.2 Å². The van der Waals surface area contributed by atoms with E-state index in [9.17, 15) is 4.79 Å². The van der Waals surface area contributed by atoms with Crippen LogP contribution in [0, 0.1) is 0 Å². The maximum absolute atomic E-state index is 12.3. The van der Waals surface area contributed by atoms with Gasteiger partial charge in [-0.25, -0.2) is 0 Å². The molecule has 0 aliphatic heterocycles. The molecule has 0 aliphatic carbocycles. The molecular weight excluding hydrogens is 356 g/mol. The van der Waals surface area contributed by atoms with Crippen molar-refractivity contribution < 1.29 is 19.0 Å². The standard InChI is InChI=1S/C22H22N2O4/c1-26-19-11-4-15(5-12-19)22(25)24-17-8-6-16(7-9-17)23-18-10-13-20(27-2)21(14-18)28-3/h4-14,23H,1-3H3,(H,24,25). The van der Waals surface area contributed by atoms with E-state index >= 15 is 0 Å². The number of hydrogen-bond donors (Lipinski definition) is 2. The molecule has 144 valence electrons. The third-order valence-corrected chi connectivity index (χ3v) is 4.17. The van der Waals surface area contributed by atoms with Crippen molar-refractivity contribution in [2.24, 2.45) is 0 Å². The van der Waals surface area contributed by atoms with Crippen LogP contribution >= 0.6 is 0 Å². The molecule has 3 aromatic carbocycles. The normalized spacial score (nSPS) is 10.1. The third-order valence-electron chi connectivity index (χ3n) is 4.17. The van der Waals surface area contributed by atoms with Crippen LogP contribution in [0.15, 0.2) is 66.7 Å². The van der Waals surface area contributed by atoms with Gasteiger partial charge in [0.15, 0.2) is 11.5 Å². The van der Waals surface area contributed by atoms with Crippen molar-refractivity contribution in [3.8, 4) is 17.2 Å². The number of anilines is 3. The van der Waals surface area contributed by atoms with Gasteiger partial charge in [-0.3, -0.25) is 4.79 Å². The Balaban J connectivity index is 1.65. The molecule has 28 heavy (non-hydrogen) atoms. The van der Waals surface area contributed by atoms with Gasteiger partial charge in [0, 0.05) is 28.7 Å². The second-order valence-corrected chi connectivity index (χ2v) is 5.95. The second kappa shape index (κ2) is 8.81. The van der Waals surface area contributed by atoms with Crippen LogP contribution < -0.4 is 24.8 Å². The zero-order chi connectivity index (χ0) is 19.9. The molecule has 1 amide bonds. The summed E-state index contributed by atoms with van der Waals surface area (Å²) in [6.07, 6.45) is 0. The highest BCUT2D eigenvalue weighted by atomic mass is 16.5. The summed E-state index contributed by atoms with van der Waals surface area (Å²) in [5.74, 6) is 1.85. The number of ether oxygens (including phenoxy) is 3. The van der Waals surface area contributed by atoms with Crippen LogP contribution in [0.1, 0.15) is 10.4 Å². The first-order valence-electron chi connectivity index (χ1n) is 8.67. The van der Waals surface area contributed by atoms with E-state index in [0.29, 0.717) is 28.5 Å². The molecule has 0 fully saturated rings. The number of amides is 1. The van der Waals surface area contributed by atoms with Crippen molar-refractivity contribution in [2.75, 3.05) is 32.0 Å². The van der Waals surface area contributed by atoms with Gasteiger partial charge >= 0.3 is 0 Å². The lowest BCUT2D eigenvalue weighted by atomic mass is 10.2. The van der Waals surface area contributed by atoms with Gasteiger partial charge in [-0.15, -0.1) is 0 Å². The Labute approximate surface area is 164 Å². The minimum atomic E-state index is -0.178. The summed E-state index contributed by atoms with van der Waals surface area (Å²) in [5.41, 5.74) is 3.02. The first-order chi connectivity index (χ1) is 13.6. The van der Waals surface area contributed by atoms with E-state index in [1.807, 2.05) is 42.5 Å². The Hall–Kier alpha value is -3.67. The van der Waals surface area contributed by atoms with Crippen molar-refractivity contribution in [1.29, 1.82) is 0 Å². The molecule has 6 heteroatoms. The fraction of sp³-hybridized carbons (Fsp3) is 0.136. The highest BCUT2D eigenvalue weighted by Gasteiger charge is 2.07. The fourth-order valence-electron chi connectivity index (χ4n) is 2.66. The van der Waals surface area contributed by atoms with Crippen molar-refractivity contribution in [3.63, 3.8) is 0 Å². The van der Waals surface area contributed by atoms with Crippen LogP contribution in [-0.2, 0) is 0 Å². The number of rotatable bonds is 7. The molecule has 6 nitrogen and oxygen atoms in total. The Morgan fingerprint density at radius 2 is 1.29 bits per heavy atom. The predicted molar refractivity (Wildman–Crippen MR) is 110 cm³/mol. The smallest absolute Gasteiger partial charge is 0.255 e. The van der Waals surface area contributed by atoms with E-state index in [-0.39, 0.29) is 5.91 Å². The molecule has 0 heterocycles. The molecule has 0 aliphatic rings. The van der Waals surface area contributed by atoms with E-state index in [0.717, 1.165) is 11.4 Å². The predicted octanol–water partition coefficient (Wildman–Crippen LogP) is 4.71. The zero-order valence-electron chi connectivity index (χ0n) is 16.0. The number of carbonyl (C=O) groups is 1. The molecule has 0 aromatic heterocycles. The van der Waals surface area contributed by atoms with Crippen molar-refractivity contribution >= 4 is 23.0 Å². The van der Waals surface area contributed by atoms with Gasteiger partial charge in [0.25, 0.3) is 5.91 Å². The second-order valence-electron chi connectivity index (χ2n) is 5.95. The number of nitrogens with one attached hydrogen (secondary N) is 2. The summed E-state index contributed by atoms with van der Waals surface area (Å²) in [6, 6.07) is 20.0. The topological polar surface area (TPSA) is 68.8 Å². The molecule has 0 radical (unpaired) electrons. The van der Waals surface area contributed by atoms with Crippen molar-refractivity contribution in [2.45, 2.75) is 0 Å². The van der Waals surface area contributed by atoms with Crippen molar-refractivity contribution in [3.05, 3.63) is 72.3 Å². The summed E-state index contributed by atoms with van der Waals surface area (Å²) in [4.78, 5) is 12.3. The summed E-state index contributed by atoms with van der Waals surface area (Å²) in [5, 5.41) is 6.17. The Kier molecular flexibility index (Phi) is 6.01. The number of hydrogen-bond acceptors (Lipinski definition) is 5. The van der Waals surface area contributed by atoms with Crippen LogP contribution in [0.25, 0.3) is 0 Å². The van der Waals surface area contributed by atoms with E-state index < -0.39 is 0 Å². The number of carbonyl (C=O) groups excluding carboxylic acids is 1. The Morgan fingerprint density at radius 3 is 1.89 bits per heavy atom. The highest BCUT2D eigenvalue weighted by Crippen LogP contribution is 2.31. The highest BCUT2D eigenvalue weighted by molar-refractivity contribution is 6.04. The van der Waals surface area contributed by atoms with E-state index in [1.54, 1.807) is 45.6 Å². The van der Waals surface area contributed by atoms with Gasteiger partial charge in [0.05, 0.1) is 21.3 Å². The molecule has 0 atom stereocenters. The van der Waals surface area contributed by atoms with Crippen LogP contribution in [0.3, 0.4) is 0 Å². The lowest BCUT2D eigenvalue weighted by molar-refractivity contribution is 0.102. The summed E-state index contributed by atoms with van der Waals surface area (Å²) in [6.45, 7) is 0.